The van der Waals surface area contributed by atoms with Crippen LogP contribution in [0.5, 0.6) is 11.5 Å². The summed E-state index contributed by atoms with van der Waals surface area (Å²) in [5.74, 6) is -0.496. The lowest BCUT2D eigenvalue weighted by atomic mass is 10.2. The van der Waals surface area contributed by atoms with Gasteiger partial charge in [-0.15, -0.1) is 0 Å². The lowest BCUT2D eigenvalue weighted by Crippen LogP contribution is -2.00. The molecule has 0 radical (unpaired) electrons. The van der Waals surface area contributed by atoms with Gasteiger partial charge in [-0.1, -0.05) is 15.9 Å². The van der Waals surface area contributed by atoms with Gasteiger partial charge in [0, 0.05) is 16.6 Å². The highest BCUT2D eigenvalue weighted by Gasteiger charge is 2.09. The maximum Gasteiger partial charge on any atom is 0.165 e. The fraction of sp³-hybridized carbons (Fsp3) is 0.0769. The third-order valence-electron chi connectivity index (χ3n) is 2.36. The number of ether oxygens (including phenoxy) is 1. The molecule has 2 N–H and O–H groups in total. The van der Waals surface area contributed by atoms with E-state index >= 15 is 0 Å². The smallest absolute Gasteiger partial charge is 0.165 e. The minimum absolute atomic E-state index is 0.0608. The van der Waals surface area contributed by atoms with Gasteiger partial charge in [-0.25, -0.2) is 8.78 Å². The second-order valence-corrected chi connectivity index (χ2v) is 4.55. The first kappa shape index (κ1) is 13.0. The summed E-state index contributed by atoms with van der Waals surface area (Å²) in [7, 11) is 0. The predicted molar refractivity (Wildman–Crippen MR) is 68.5 cm³/mol. The molecule has 0 aliphatic heterocycles. The summed E-state index contributed by atoms with van der Waals surface area (Å²) in [6.45, 7) is 0.114. The van der Waals surface area contributed by atoms with E-state index in [1.54, 1.807) is 6.07 Å². The van der Waals surface area contributed by atoms with Gasteiger partial charge < -0.3 is 10.5 Å². The van der Waals surface area contributed by atoms with Gasteiger partial charge in [0.25, 0.3) is 0 Å². The lowest BCUT2D eigenvalue weighted by molar-refractivity contribution is 0.436. The van der Waals surface area contributed by atoms with E-state index in [-0.39, 0.29) is 12.3 Å². The Morgan fingerprint density at radius 2 is 1.83 bits per heavy atom. The summed E-state index contributed by atoms with van der Waals surface area (Å²) in [6, 6.07) is 8.29. The minimum Gasteiger partial charge on any atom is -0.454 e. The topological polar surface area (TPSA) is 35.2 Å². The average Bonchev–Trinajstić information content (AvgIpc) is 2.36. The van der Waals surface area contributed by atoms with Crippen LogP contribution in [-0.2, 0) is 6.54 Å². The summed E-state index contributed by atoms with van der Waals surface area (Å²) < 4.78 is 32.6. The molecular formula is C13H10BrF2NO. The number of hydrogen-bond acceptors (Lipinski definition) is 2. The first-order chi connectivity index (χ1) is 8.60. The molecule has 0 unspecified atom stereocenters. The first-order valence-corrected chi connectivity index (χ1v) is 6.01. The predicted octanol–water partition coefficient (Wildman–Crippen LogP) is 3.98. The number of rotatable bonds is 3. The lowest BCUT2D eigenvalue weighted by Gasteiger charge is -2.11. The molecule has 0 spiro atoms. The van der Waals surface area contributed by atoms with Crippen LogP contribution in [0.15, 0.2) is 40.9 Å². The number of halogens is 3. The molecule has 0 aliphatic carbocycles. The Morgan fingerprint density at radius 3 is 2.56 bits per heavy atom. The van der Waals surface area contributed by atoms with Crippen LogP contribution in [0.4, 0.5) is 8.78 Å². The minimum atomic E-state index is -0.495. The zero-order valence-electron chi connectivity index (χ0n) is 9.29. The second kappa shape index (κ2) is 5.46. The van der Waals surface area contributed by atoms with Gasteiger partial charge in [-0.3, -0.25) is 0 Å². The first-order valence-electron chi connectivity index (χ1n) is 5.21. The van der Waals surface area contributed by atoms with Crippen LogP contribution in [-0.4, -0.2) is 0 Å². The third-order valence-corrected chi connectivity index (χ3v) is 2.85. The molecule has 2 nitrogen and oxygen atoms in total. The Balaban J connectivity index is 2.36. The van der Waals surface area contributed by atoms with Crippen LogP contribution < -0.4 is 10.5 Å². The molecule has 0 amide bonds. The largest absolute Gasteiger partial charge is 0.454 e. The second-order valence-electron chi connectivity index (χ2n) is 3.63. The van der Waals surface area contributed by atoms with Crippen molar-refractivity contribution in [2.75, 3.05) is 0 Å². The van der Waals surface area contributed by atoms with E-state index in [0.29, 0.717) is 15.8 Å². The molecule has 0 bridgehead atoms. The Bertz CT molecular complexity index is 575. The van der Waals surface area contributed by atoms with Crippen LogP contribution >= 0.6 is 15.9 Å². The molecule has 0 aromatic heterocycles. The average molecular weight is 314 g/mol. The molecular weight excluding hydrogens is 304 g/mol. The van der Waals surface area contributed by atoms with E-state index in [9.17, 15) is 8.78 Å². The molecule has 94 valence electrons. The fourth-order valence-electron chi connectivity index (χ4n) is 1.48. The highest BCUT2D eigenvalue weighted by molar-refractivity contribution is 9.10. The Labute approximate surface area is 112 Å². The van der Waals surface area contributed by atoms with Crippen molar-refractivity contribution in [1.29, 1.82) is 0 Å². The molecule has 5 heteroatoms. The Kier molecular flexibility index (Phi) is 3.93. The zero-order chi connectivity index (χ0) is 13.1. The van der Waals surface area contributed by atoms with Crippen molar-refractivity contribution in [3.8, 4) is 11.5 Å². The van der Waals surface area contributed by atoms with Gasteiger partial charge in [0.15, 0.2) is 11.6 Å². The van der Waals surface area contributed by atoms with E-state index < -0.39 is 11.6 Å². The molecule has 0 atom stereocenters. The molecule has 2 aromatic rings. The normalized spacial score (nSPS) is 10.4. The monoisotopic (exact) mass is 313 g/mol. The molecule has 0 saturated heterocycles. The number of nitrogens with two attached hydrogens (primary N) is 1. The number of hydrogen-bond donors (Lipinski definition) is 1. The third kappa shape index (κ3) is 2.86. The van der Waals surface area contributed by atoms with Gasteiger partial charge in [0.05, 0.1) is 0 Å². The molecule has 0 fully saturated rings. The van der Waals surface area contributed by atoms with Gasteiger partial charge in [0.1, 0.15) is 11.6 Å². The molecule has 2 rings (SSSR count). The van der Waals surface area contributed by atoms with Crippen molar-refractivity contribution in [1.82, 2.24) is 0 Å². The summed E-state index contributed by atoms with van der Waals surface area (Å²) in [6.07, 6.45) is 0. The van der Waals surface area contributed by atoms with Gasteiger partial charge in [-0.2, -0.15) is 0 Å². The highest BCUT2D eigenvalue weighted by Crippen LogP contribution is 2.30. The molecule has 2 aromatic carbocycles. The van der Waals surface area contributed by atoms with E-state index in [1.807, 2.05) is 0 Å². The standard InChI is InChI=1S/C13H10BrF2NO/c14-9-1-3-11(16)13(6-9)18-12-4-2-10(15)5-8(12)7-17/h1-6H,7,17H2. The number of benzene rings is 2. The van der Waals surface area contributed by atoms with E-state index in [2.05, 4.69) is 15.9 Å². The van der Waals surface area contributed by atoms with Gasteiger partial charge in [0.2, 0.25) is 0 Å². The van der Waals surface area contributed by atoms with Crippen LogP contribution in [0.1, 0.15) is 5.56 Å². The highest BCUT2D eigenvalue weighted by atomic mass is 79.9. The Hall–Kier alpha value is -1.46. The van der Waals surface area contributed by atoms with Crippen molar-refractivity contribution in [3.63, 3.8) is 0 Å². The van der Waals surface area contributed by atoms with Gasteiger partial charge in [-0.05, 0) is 36.4 Å². The molecule has 0 aliphatic rings. The van der Waals surface area contributed by atoms with Crippen molar-refractivity contribution in [2.24, 2.45) is 5.73 Å². The molecule has 18 heavy (non-hydrogen) atoms. The van der Waals surface area contributed by atoms with Crippen molar-refractivity contribution in [3.05, 3.63) is 58.1 Å². The quantitative estimate of drug-likeness (QED) is 0.930. The van der Waals surface area contributed by atoms with Crippen LogP contribution in [0.25, 0.3) is 0 Å². The molecule has 0 saturated carbocycles. The van der Waals surface area contributed by atoms with E-state index in [0.717, 1.165) is 0 Å². The maximum absolute atomic E-state index is 13.5. The summed E-state index contributed by atoms with van der Waals surface area (Å²) in [5, 5.41) is 0. The zero-order valence-corrected chi connectivity index (χ0v) is 10.9. The van der Waals surface area contributed by atoms with Crippen molar-refractivity contribution >= 4 is 15.9 Å². The SMILES string of the molecule is NCc1cc(F)ccc1Oc1cc(Br)ccc1F. The molecule has 0 heterocycles. The summed E-state index contributed by atoms with van der Waals surface area (Å²) in [5.41, 5.74) is 5.97. The van der Waals surface area contributed by atoms with Gasteiger partial charge >= 0.3 is 0 Å². The van der Waals surface area contributed by atoms with Crippen molar-refractivity contribution in [2.45, 2.75) is 6.54 Å². The fourth-order valence-corrected chi connectivity index (χ4v) is 1.82. The summed E-state index contributed by atoms with van der Waals surface area (Å²) in [4.78, 5) is 0. The maximum atomic E-state index is 13.5. The van der Waals surface area contributed by atoms with Crippen LogP contribution in [0, 0.1) is 11.6 Å². The van der Waals surface area contributed by atoms with Crippen LogP contribution in [0.3, 0.4) is 0 Å². The van der Waals surface area contributed by atoms with E-state index in [4.69, 9.17) is 10.5 Å². The Morgan fingerprint density at radius 1 is 1.06 bits per heavy atom. The van der Waals surface area contributed by atoms with Crippen molar-refractivity contribution < 1.29 is 13.5 Å². The van der Waals surface area contributed by atoms with E-state index in [1.165, 1.54) is 30.3 Å². The summed E-state index contributed by atoms with van der Waals surface area (Å²) >= 11 is 3.23. The van der Waals surface area contributed by atoms with Crippen LogP contribution in [0.2, 0.25) is 0 Å².